The Morgan fingerprint density at radius 2 is 2.00 bits per heavy atom. The number of unbranched alkanes of at least 4 members (excludes halogenated alkanes) is 4. The third-order valence-electron chi connectivity index (χ3n) is 2.98. The summed E-state index contributed by atoms with van der Waals surface area (Å²) in [5, 5.41) is 2.60. The summed E-state index contributed by atoms with van der Waals surface area (Å²) < 4.78 is 5.68. The van der Waals surface area contributed by atoms with Crippen molar-refractivity contribution >= 4 is 11.6 Å². The number of benzene rings is 1. The predicted molar refractivity (Wildman–Crippen MR) is 78.5 cm³/mol. The topological polar surface area (TPSA) is 64.3 Å². The zero-order chi connectivity index (χ0) is 14.1. The highest BCUT2D eigenvalue weighted by molar-refractivity contribution is 5.97. The zero-order valence-corrected chi connectivity index (χ0v) is 11.9. The van der Waals surface area contributed by atoms with Gasteiger partial charge in [0, 0.05) is 18.8 Å². The molecular weight excluding hydrogens is 240 g/mol. The number of amides is 1. The summed E-state index contributed by atoms with van der Waals surface area (Å²) in [5.41, 5.74) is 6.87. The molecule has 0 spiro atoms. The van der Waals surface area contributed by atoms with Crippen molar-refractivity contribution in [3.63, 3.8) is 0 Å². The van der Waals surface area contributed by atoms with Crippen LogP contribution in [0, 0.1) is 0 Å². The van der Waals surface area contributed by atoms with E-state index in [2.05, 4.69) is 12.2 Å². The molecule has 0 atom stereocenters. The smallest absolute Gasteiger partial charge is 0.254 e. The van der Waals surface area contributed by atoms with E-state index in [9.17, 15) is 4.79 Å². The van der Waals surface area contributed by atoms with Crippen molar-refractivity contribution < 1.29 is 9.53 Å². The first-order valence-electron chi connectivity index (χ1n) is 6.93. The van der Waals surface area contributed by atoms with Crippen LogP contribution in [0.5, 0.6) is 5.75 Å². The van der Waals surface area contributed by atoms with E-state index in [1.807, 2.05) is 0 Å². The van der Waals surface area contributed by atoms with Gasteiger partial charge in [-0.05, 0) is 18.6 Å². The Hall–Kier alpha value is -1.71. The molecule has 0 aromatic heterocycles. The summed E-state index contributed by atoms with van der Waals surface area (Å²) in [6, 6.07) is 5.11. The average Bonchev–Trinajstić information content (AvgIpc) is 2.42. The summed E-state index contributed by atoms with van der Waals surface area (Å²) >= 11 is 0. The Morgan fingerprint density at radius 3 is 2.68 bits per heavy atom. The molecule has 0 bridgehead atoms. The van der Waals surface area contributed by atoms with Crippen molar-refractivity contribution in [2.75, 3.05) is 19.4 Å². The molecule has 0 unspecified atom stereocenters. The summed E-state index contributed by atoms with van der Waals surface area (Å²) in [6.07, 6.45) is 5.89. The number of anilines is 1. The third-order valence-corrected chi connectivity index (χ3v) is 2.98. The number of nitrogen functional groups attached to an aromatic ring is 1. The molecule has 0 radical (unpaired) electrons. The average molecular weight is 264 g/mol. The predicted octanol–water partition coefficient (Wildman–Crippen LogP) is 2.98. The molecule has 106 valence electrons. The Kier molecular flexibility index (Phi) is 6.79. The Morgan fingerprint density at radius 1 is 1.26 bits per heavy atom. The lowest BCUT2D eigenvalue weighted by Crippen LogP contribution is -2.19. The van der Waals surface area contributed by atoms with Gasteiger partial charge in [0.1, 0.15) is 5.75 Å². The van der Waals surface area contributed by atoms with Gasteiger partial charge in [-0.25, -0.2) is 0 Å². The largest absolute Gasteiger partial charge is 0.493 e. The number of rotatable bonds is 8. The van der Waals surface area contributed by atoms with Gasteiger partial charge in [0.2, 0.25) is 0 Å². The molecule has 1 aromatic carbocycles. The van der Waals surface area contributed by atoms with Gasteiger partial charge in [-0.3, -0.25) is 4.79 Å². The second-order valence-electron chi connectivity index (χ2n) is 4.60. The maximum Gasteiger partial charge on any atom is 0.254 e. The fraction of sp³-hybridized carbons (Fsp3) is 0.533. The minimum Gasteiger partial charge on any atom is -0.493 e. The number of carbonyl (C=O) groups is 1. The van der Waals surface area contributed by atoms with Gasteiger partial charge in [-0.2, -0.15) is 0 Å². The highest BCUT2D eigenvalue weighted by Crippen LogP contribution is 2.22. The summed E-state index contributed by atoms with van der Waals surface area (Å²) in [7, 11) is 1.60. The second-order valence-corrected chi connectivity index (χ2v) is 4.60. The molecule has 1 aromatic rings. The lowest BCUT2D eigenvalue weighted by Gasteiger charge is -2.11. The van der Waals surface area contributed by atoms with Crippen molar-refractivity contribution in [1.82, 2.24) is 5.32 Å². The van der Waals surface area contributed by atoms with Crippen LogP contribution in [0.3, 0.4) is 0 Å². The van der Waals surface area contributed by atoms with Crippen molar-refractivity contribution in [3.8, 4) is 5.75 Å². The first-order valence-corrected chi connectivity index (χ1v) is 6.93. The van der Waals surface area contributed by atoms with Crippen molar-refractivity contribution in [2.45, 2.75) is 39.0 Å². The number of nitrogens with two attached hydrogens (primary N) is 1. The number of hydrogen-bond acceptors (Lipinski definition) is 3. The fourth-order valence-corrected chi connectivity index (χ4v) is 1.87. The van der Waals surface area contributed by atoms with Crippen molar-refractivity contribution in [1.29, 1.82) is 0 Å². The van der Waals surface area contributed by atoms with E-state index in [0.717, 1.165) is 12.8 Å². The molecular formula is C15H24N2O2. The lowest BCUT2D eigenvalue weighted by atomic mass is 10.1. The van der Waals surface area contributed by atoms with Crippen LogP contribution in [0.2, 0.25) is 0 Å². The van der Waals surface area contributed by atoms with Crippen LogP contribution >= 0.6 is 0 Å². The number of hydrogen-bond donors (Lipinski definition) is 2. The molecule has 0 heterocycles. The quantitative estimate of drug-likeness (QED) is 0.560. The van der Waals surface area contributed by atoms with E-state index in [1.54, 1.807) is 25.2 Å². The van der Waals surface area contributed by atoms with E-state index in [-0.39, 0.29) is 5.91 Å². The first-order chi connectivity index (χ1) is 9.19. The molecule has 1 rings (SSSR count). The zero-order valence-electron chi connectivity index (χ0n) is 11.9. The molecule has 3 N–H and O–H groups in total. The Balaban J connectivity index is 2.51. The maximum atomic E-state index is 11.7. The van der Waals surface area contributed by atoms with Gasteiger partial charge in [-0.1, -0.05) is 32.6 Å². The fourth-order valence-electron chi connectivity index (χ4n) is 1.87. The van der Waals surface area contributed by atoms with Crippen LogP contribution in [0.15, 0.2) is 18.2 Å². The Labute approximate surface area is 115 Å². The summed E-state index contributed by atoms with van der Waals surface area (Å²) in [4.78, 5) is 11.7. The molecule has 0 fully saturated rings. The highest BCUT2D eigenvalue weighted by atomic mass is 16.5. The normalized spacial score (nSPS) is 10.2. The van der Waals surface area contributed by atoms with E-state index in [0.29, 0.717) is 23.6 Å². The van der Waals surface area contributed by atoms with Gasteiger partial charge in [0.25, 0.3) is 5.91 Å². The van der Waals surface area contributed by atoms with Crippen molar-refractivity contribution in [3.05, 3.63) is 23.8 Å². The van der Waals surface area contributed by atoms with Gasteiger partial charge in [0.05, 0.1) is 12.2 Å². The molecule has 0 saturated carbocycles. The molecule has 4 heteroatoms. The van der Waals surface area contributed by atoms with Gasteiger partial charge in [-0.15, -0.1) is 0 Å². The molecule has 1 amide bonds. The second kappa shape index (κ2) is 8.40. The molecule has 0 saturated heterocycles. The van der Waals surface area contributed by atoms with E-state index in [1.165, 1.54) is 19.3 Å². The van der Waals surface area contributed by atoms with Crippen LogP contribution in [-0.4, -0.2) is 19.6 Å². The third kappa shape index (κ3) is 5.20. The number of ether oxygens (including phenoxy) is 1. The van der Waals surface area contributed by atoms with Crippen LogP contribution in [-0.2, 0) is 0 Å². The van der Waals surface area contributed by atoms with Crippen LogP contribution in [0.4, 0.5) is 5.69 Å². The summed E-state index contributed by atoms with van der Waals surface area (Å²) in [6.45, 7) is 2.82. The monoisotopic (exact) mass is 264 g/mol. The maximum absolute atomic E-state index is 11.7. The Bertz CT molecular complexity index is 405. The first kappa shape index (κ1) is 15.3. The molecule has 0 aliphatic rings. The van der Waals surface area contributed by atoms with Crippen LogP contribution in [0.25, 0.3) is 0 Å². The molecule has 19 heavy (non-hydrogen) atoms. The summed E-state index contributed by atoms with van der Waals surface area (Å²) in [5.74, 6) is 0.413. The lowest BCUT2D eigenvalue weighted by molar-refractivity contribution is 0.0959. The minimum absolute atomic E-state index is 0.152. The standard InChI is InChI=1S/C15H24N2O2/c1-3-4-5-6-7-10-19-14-11-12(16)8-9-13(14)15(18)17-2/h8-9,11H,3-7,10,16H2,1-2H3,(H,17,18). The number of carbonyl (C=O) groups excluding carboxylic acids is 1. The minimum atomic E-state index is -0.152. The molecule has 0 aliphatic heterocycles. The van der Waals surface area contributed by atoms with Crippen LogP contribution in [0.1, 0.15) is 49.4 Å². The SMILES string of the molecule is CCCCCCCOc1cc(N)ccc1C(=O)NC. The number of nitrogens with one attached hydrogen (secondary N) is 1. The molecule has 0 aliphatic carbocycles. The van der Waals surface area contributed by atoms with E-state index in [4.69, 9.17) is 10.5 Å². The van der Waals surface area contributed by atoms with Gasteiger partial charge in [0.15, 0.2) is 0 Å². The molecule has 4 nitrogen and oxygen atoms in total. The highest BCUT2D eigenvalue weighted by Gasteiger charge is 2.11. The van der Waals surface area contributed by atoms with E-state index >= 15 is 0 Å². The van der Waals surface area contributed by atoms with Crippen molar-refractivity contribution in [2.24, 2.45) is 0 Å². The van der Waals surface area contributed by atoms with Crippen LogP contribution < -0.4 is 15.8 Å². The van der Waals surface area contributed by atoms with E-state index < -0.39 is 0 Å². The van der Waals surface area contributed by atoms with Gasteiger partial charge >= 0.3 is 0 Å². The van der Waals surface area contributed by atoms with Gasteiger partial charge < -0.3 is 15.8 Å².